The lowest BCUT2D eigenvalue weighted by Gasteiger charge is -2.38. The molecule has 0 bridgehead atoms. The van der Waals surface area contributed by atoms with Gasteiger partial charge < -0.3 is 9.74 Å². The number of hydrogen-bond donors (Lipinski definition) is 0. The van der Waals surface area contributed by atoms with Gasteiger partial charge in [0.2, 0.25) is 0 Å². The van der Waals surface area contributed by atoms with Gasteiger partial charge in [0.25, 0.3) is 5.09 Å². The van der Waals surface area contributed by atoms with Gasteiger partial charge in [-0.2, -0.15) is 0 Å². The van der Waals surface area contributed by atoms with E-state index in [1.807, 2.05) is 86.6 Å². The summed E-state index contributed by atoms with van der Waals surface area (Å²) in [5.41, 5.74) is 0.874. The van der Waals surface area contributed by atoms with Crippen molar-refractivity contribution in [3.63, 3.8) is 0 Å². The third-order valence-electron chi connectivity index (χ3n) is 4.97. The Bertz CT molecular complexity index is 708. The molecule has 0 N–H and O–H groups in total. The Morgan fingerprint density at radius 2 is 1.56 bits per heavy atom. The number of Topliss-reactive ketones (excluding diaryl/α,β-unsaturated/α-hetero) is 1. The number of nitrogens with zero attached hydrogens (tertiary/aromatic N) is 2. The van der Waals surface area contributed by atoms with Crippen molar-refractivity contribution in [2.75, 3.05) is 20.7 Å². The topological polar surface area (TPSA) is 72.7 Å². The summed E-state index contributed by atoms with van der Waals surface area (Å²) >= 11 is 0. The summed E-state index contributed by atoms with van der Waals surface area (Å²) in [4.78, 5) is 30.6. The van der Waals surface area contributed by atoms with E-state index in [9.17, 15) is 14.9 Å². The first kappa shape index (κ1) is 20.6. The highest BCUT2D eigenvalue weighted by Gasteiger charge is 2.43. The fourth-order valence-corrected chi connectivity index (χ4v) is 3.48. The minimum Gasteiger partial charge on any atom is -0.312 e. The SMILES string of the molecule is CCC(=O)C(C[C@H](CO[N+](=O)[O-])N(C)C)(c1ccccc1)c1ccccc1. The minimum atomic E-state index is -0.897. The van der Waals surface area contributed by atoms with E-state index in [1.165, 1.54) is 0 Å². The van der Waals surface area contributed by atoms with E-state index in [2.05, 4.69) is 4.84 Å². The van der Waals surface area contributed by atoms with Crippen LogP contribution in [0.2, 0.25) is 0 Å². The molecule has 0 fully saturated rings. The van der Waals surface area contributed by atoms with Crippen LogP contribution in [0.4, 0.5) is 0 Å². The first-order valence-corrected chi connectivity index (χ1v) is 9.00. The van der Waals surface area contributed by atoms with Crippen LogP contribution in [-0.4, -0.2) is 42.5 Å². The number of rotatable bonds is 10. The number of carbonyl (C=O) groups excluding carboxylic acids is 1. The van der Waals surface area contributed by atoms with Gasteiger partial charge in [-0.25, -0.2) is 0 Å². The Labute approximate surface area is 159 Å². The summed E-state index contributed by atoms with van der Waals surface area (Å²) in [6.45, 7) is 1.75. The van der Waals surface area contributed by atoms with Crippen LogP contribution in [0.25, 0.3) is 0 Å². The monoisotopic (exact) mass is 370 g/mol. The molecule has 0 amide bonds. The van der Waals surface area contributed by atoms with Gasteiger partial charge in [0.05, 0.1) is 5.41 Å². The Morgan fingerprint density at radius 1 is 1.07 bits per heavy atom. The van der Waals surface area contributed by atoms with Gasteiger partial charge in [-0.3, -0.25) is 4.79 Å². The lowest BCUT2D eigenvalue weighted by molar-refractivity contribution is -0.758. The molecule has 2 aromatic rings. The normalized spacial score (nSPS) is 12.6. The van der Waals surface area contributed by atoms with Crippen LogP contribution >= 0.6 is 0 Å². The van der Waals surface area contributed by atoms with Crippen molar-refractivity contribution in [1.29, 1.82) is 0 Å². The molecular weight excluding hydrogens is 344 g/mol. The van der Waals surface area contributed by atoms with Gasteiger partial charge in [-0.05, 0) is 31.6 Å². The van der Waals surface area contributed by atoms with Crippen molar-refractivity contribution in [3.05, 3.63) is 81.9 Å². The van der Waals surface area contributed by atoms with E-state index < -0.39 is 10.5 Å². The van der Waals surface area contributed by atoms with E-state index in [4.69, 9.17) is 0 Å². The van der Waals surface area contributed by atoms with Crippen LogP contribution in [0.5, 0.6) is 0 Å². The molecule has 6 nitrogen and oxygen atoms in total. The van der Waals surface area contributed by atoms with Gasteiger partial charge in [0.1, 0.15) is 12.4 Å². The molecule has 1 atom stereocenters. The summed E-state index contributed by atoms with van der Waals surface area (Å²) in [5.74, 6) is 0.0767. The summed E-state index contributed by atoms with van der Waals surface area (Å²) in [7, 11) is 3.68. The third kappa shape index (κ3) is 4.71. The van der Waals surface area contributed by atoms with Gasteiger partial charge >= 0.3 is 0 Å². The molecule has 0 radical (unpaired) electrons. The number of ketones is 1. The summed E-state index contributed by atoms with van der Waals surface area (Å²) in [5, 5.41) is 9.93. The van der Waals surface area contributed by atoms with Gasteiger partial charge in [-0.1, -0.05) is 67.6 Å². The van der Waals surface area contributed by atoms with Crippen LogP contribution < -0.4 is 0 Å². The maximum atomic E-state index is 13.3. The zero-order valence-electron chi connectivity index (χ0n) is 16.0. The lowest BCUT2D eigenvalue weighted by Crippen LogP contribution is -2.45. The fraction of sp³-hybridized carbons (Fsp3) is 0.381. The Kier molecular flexibility index (Phi) is 7.07. The molecule has 0 heterocycles. The Morgan fingerprint density at radius 3 is 1.93 bits per heavy atom. The molecule has 6 heteroatoms. The summed E-state index contributed by atoms with van der Waals surface area (Å²) in [6, 6.07) is 18.9. The predicted octanol–water partition coefficient (Wildman–Crippen LogP) is 3.48. The smallest absolute Gasteiger partial charge is 0.294 e. The number of carbonyl (C=O) groups is 1. The van der Waals surface area contributed by atoms with E-state index in [0.717, 1.165) is 11.1 Å². The minimum absolute atomic E-state index is 0.0767. The first-order valence-electron chi connectivity index (χ1n) is 9.00. The summed E-state index contributed by atoms with van der Waals surface area (Å²) in [6.07, 6.45) is 0.745. The molecule has 0 saturated carbocycles. The van der Waals surface area contributed by atoms with E-state index in [1.54, 1.807) is 0 Å². The Balaban J connectivity index is 2.60. The highest BCUT2D eigenvalue weighted by atomic mass is 16.9. The van der Waals surface area contributed by atoms with Crippen molar-refractivity contribution < 1.29 is 14.7 Å². The zero-order chi connectivity index (χ0) is 19.9. The molecule has 0 aliphatic carbocycles. The number of benzene rings is 2. The second-order valence-corrected chi connectivity index (χ2v) is 6.76. The van der Waals surface area contributed by atoms with Crippen molar-refractivity contribution in [3.8, 4) is 0 Å². The van der Waals surface area contributed by atoms with Gasteiger partial charge in [0, 0.05) is 12.5 Å². The largest absolute Gasteiger partial charge is 0.312 e. The first-order chi connectivity index (χ1) is 12.9. The Hall–Kier alpha value is -2.73. The molecule has 2 aromatic carbocycles. The molecule has 0 saturated heterocycles. The molecule has 0 aliphatic rings. The highest BCUT2D eigenvalue weighted by Crippen LogP contribution is 2.39. The quantitative estimate of drug-likeness (QED) is 0.473. The standard InChI is InChI=1S/C21H26N2O4/c1-4-20(24)21(17-11-7-5-8-12-17,18-13-9-6-10-14-18)15-19(22(2)3)16-27-23(25)26/h5-14,19H,4,15-16H2,1-3H3/t19-/m1/s1. The number of likely N-dealkylation sites (N-methyl/N-ethyl adjacent to an activating group) is 1. The highest BCUT2D eigenvalue weighted by molar-refractivity contribution is 5.93. The molecular formula is C21H26N2O4. The molecule has 0 aromatic heterocycles. The molecule has 0 spiro atoms. The van der Waals surface area contributed by atoms with E-state index in [0.29, 0.717) is 12.8 Å². The fourth-order valence-electron chi connectivity index (χ4n) is 3.48. The van der Waals surface area contributed by atoms with Crippen LogP contribution in [0.1, 0.15) is 30.9 Å². The zero-order valence-corrected chi connectivity index (χ0v) is 16.0. The lowest BCUT2D eigenvalue weighted by atomic mass is 9.66. The van der Waals surface area contributed by atoms with E-state index >= 15 is 0 Å². The van der Waals surface area contributed by atoms with Gasteiger partial charge in [-0.15, -0.1) is 10.1 Å². The molecule has 0 aliphatic heterocycles. The second-order valence-electron chi connectivity index (χ2n) is 6.76. The molecule has 144 valence electrons. The van der Waals surface area contributed by atoms with Crippen LogP contribution in [-0.2, 0) is 15.0 Å². The maximum absolute atomic E-state index is 13.3. The molecule has 2 rings (SSSR count). The van der Waals surface area contributed by atoms with Crippen molar-refractivity contribution in [1.82, 2.24) is 4.90 Å². The maximum Gasteiger partial charge on any atom is 0.294 e. The molecule has 0 unspecified atom stereocenters. The van der Waals surface area contributed by atoms with Gasteiger partial charge in [0.15, 0.2) is 0 Å². The molecule has 27 heavy (non-hydrogen) atoms. The van der Waals surface area contributed by atoms with E-state index in [-0.39, 0.29) is 18.4 Å². The second kappa shape index (κ2) is 9.28. The predicted molar refractivity (Wildman–Crippen MR) is 104 cm³/mol. The van der Waals surface area contributed by atoms with Crippen molar-refractivity contribution in [2.45, 2.75) is 31.2 Å². The third-order valence-corrected chi connectivity index (χ3v) is 4.97. The van der Waals surface area contributed by atoms with Crippen molar-refractivity contribution >= 4 is 5.78 Å². The summed E-state index contributed by atoms with van der Waals surface area (Å²) < 4.78 is 0. The average molecular weight is 370 g/mol. The average Bonchev–Trinajstić information content (AvgIpc) is 2.68. The van der Waals surface area contributed by atoms with Crippen LogP contribution in [0, 0.1) is 10.1 Å². The van der Waals surface area contributed by atoms with Crippen LogP contribution in [0.3, 0.4) is 0 Å². The number of hydrogen-bond acceptors (Lipinski definition) is 5. The van der Waals surface area contributed by atoms with Crippen molar-refractivity contribution in [2.24, 2.45) is 0 Å². The van der Waals surface area contributed by atoms with Crippen LogP contribution in [0.15, 0.2) is 60.7 Å².